The number of rotatable bonds is 20. The number of phenolic OH excluding ortho intramolecular Hbond substituents is 2. The molecule has 0 aliphatic carbocycles. The van der Waals surface area contributed by atoms with Crippen LogP contribution in [0.5, 0.6) is 23.0 Å². The fraction of sp³-hybridized carbons (Fsp3) is 0.472. The van der Waals surface area contributed by atoms with Gasteiger partial charge in [0, 0.05) is 0 Å². The normalized spacial score (nSPS) is 11.2. The number of benzene rings is 4. The Bertz CT molecular complexity index is 2070. The van der Waals surface area contributed by atoms with Crippen molar-refractivity contribution in [3.63, 3.8) is 0 Å². The van der Waals surface area contributed by atoms with E-state index in [1.54, 1.807) is 13.8 Å². The zero-order valence-electron chi connectivity index (χ0n) is 39.9. The molecule has 0 spiro atoms. The van der Waals surface area contributed by atoms with Gasteiger partial charge in [-0.15, -0.1) is 0 Å². The second kappa shape index (κ2) is 29.3. The van der Waals surface area contributed by atoms with Crippen molar-refractivity contribution >= 4 is 34.7 Å². The van der Waals surface area contributed by atoms with E-state index in [4.69, 9.17) is 20.2 Å². The summed E-state index contributed by atoms with van der Waals surface area (Å²) in [5.74, 6) is -5.11. The van der Waals surface area contributed by atoms with Crippen molar-refractivity contribution in [2.75, 3.05) is 0 Å². The number of aryl methyl sites for hydroxylation is 6. The molecule has 352 valence electrons. The van der Waals surface area contributed by atoms with Crippen LogP contribution in [0.25, 0.3) is 0 Å². The fourth-order valence-corrected chi connectivity index (χ4v) is 7.54. The predicted octanol–water partition coefficient (Wildman–Crippen LogP) is 12.1. The van der Waals surface area contributed by atoms with Crippen molar-refractivity contribution in [1.82, 2.24) is 0 Å². The second-order valence-electron chi connectivity index (χ2n) is 15.6. The molecule has 0 aromatic heterocycles. The van der Waals surface area contributed by atoms with Crippen LogP contribution in [0.1, 0.15) is 179 Å². The van der Waals surface area contributed by atoms with Gasteiger partial charge in [0.2, 0.25) is 0 Å². The monoisotopic (exact) mass is 922 g/mol. The van der Waals surface area contributed by atoms with Gasteiger partial charge in [0.05, 0.1) is 33.9 Å². The molecular weight excluding hydrogens is 851 g/mol. The number of phenols is 2. The Hall–Kier alpha value is -5.15. The van der Waals surface area contributed by atoms with E-state index in [1.807, 2.05) is 13.8 Å². The molecule has 0 fully saturated rings. The summed E-state index contributed by atoms with van der Waals surface area (Å²) in [6.45, 7) is 20.7. The molecular formula is C53H72N2NiO8. The van der Waals surface area contributed by atoms with E-state index in [-0.39, 0.29) is 27.6 Å². The minimum atomic E-state index is -1.28. The summed E-state index contributed by atoms with van der Waals surface area (Å²) in [6, 6.07) is 16.4. The first-order chi connectivity index (χ1) is 30.1. The van der Waals surface area contributed by atoms with Crippen LogP contribution in [-0.4, -0.2) is 43.8 Å². The van der Waals surface area contributed by atoms with E-state index in [1.165, 1.54) is 71.5 Å². The van der Waals surface area contributed by atoms with Crippen molar-refractivity contribution in [2.24, 2.45) is 9.98 Å². The molecule has 0 amide bonds. The van der Waals surface area contributed by atoms with Crippen LogP contribution in [0, 0.1) is 0 Å². The molecule has 0 unspecified atom stereocenters. The molecule has 0 radical (unpaired) electrons. The number of unbranched alkanes of at least 4 members (excludes halogenated alkanes) is 3. The summed E-state index contributed by atoms with van der Waals surface area (Å²) in [6.07, 6.45) is 14.2. The number of aromatic carboxylic acids is 2. The fourth-order valence-electron chi connectivity index (χ4n) is 7.54. The van der Waals surface area contributed by atoms with Gasteiger partial charge in [-0.2, -0.15) is 0 Å². The van der Waals surface area contributed by atoms with Gasteiger partial charge in [-0.05, 0) is 158 Å². The molecule has 4 aromatic rings. The SMILES string of the molecule is CCCCCC(=Nc1cc(CC)cc(CC)c1)C(CCCC)=Nc1cc(CC)cc(CC)c1.CCc1cc(O)c([O-])c(C(=O)O)c1CC.CCc1cc(O)c([O-])c(C(=O)O)c1CC.[Ni+2]. The quantitative estimate of drug-likeness (QED) is 0.0383. The number of aromatic hydroxyl groups is 2. The van der Waals surface area contributed by atoms with Gasteiger partial charge in [0.1, 0.15) is 11.5 Å². The molecule has 11 heteroatoms. The van der Waals surface area contributed by atoms with Crippen molar-refractivity contribution in [1.29, 1.82) is 0 Å². The molecule has 0 saturated carbocycles. The van der Waals surface area contributed by atoms with Crippen LogP contribution in [0.4, 0.5) is 11.4 Å². The van der Waals surface area contributed by atoms with Gasteiger partial charge < -0.3 is 30.6 Å². The van der Waals surface area contributed by atoms with Crippen molar-refractivity contribution in [3.8, 4) is 23.0 Å². The van der Waals surface area contributed by atoms with Gasteiger partial charge in [-0.3, -0.25) is 9.98 Å². The smallest absolute Gasteiger partial charge is 0.869 e. The van der Waals surface area contributed by atoms with Gasteiger partial charge >= 0.3 is 28.4 Å². The zero-order valence-corrected chi connectivity index (χ0v) is 40.8. The first-order valence-electron chi connectivity index (χ1n) is 23.1. The Morgan fingerprint density at radius 2 is 0.797 bits per heavy atom. The third-order valence-corrected chi connectivity index (χ3v) is 11.2. The van der Waals surface area contributed by atoms with Crippen molar-refractivity contribution < 1.29 is 56.7 Å². The number of nitrogens with zero attached hydrogens (tertiary/aromatic N) is 2. The number of carboxylic acid groups (broad SMARTS) is 2. The second-order valence-corrected chi connectivity index (χ2v) is 15.6. The van der Waals surface area contributed by atoms with E-state index >= 15 is 0 Å². The number of hydrogen-bond donors (Lipinski definition) is 4. The molecule has 0 aliphatic heterocycles. The maximum atomic E-state index is 11.4. The Morgan fingerprint density at radius 1 is 0.469 bits per heavy atom. The largest absolute Gasteiger partial charge is 2.00 e. The summed E-state index contributed by atoms with van der Waals surface area (Å²) in [4.78, 5) is 32.3. The topological polar surface area (TPSA) is 186 Å². The van der Waals surface area contributed by atoms with Gasteiger partial charge in [-0.25, -0.2) is 9.59 Å². The molecule has 0 saturated heterocycles. The predicted molar refractivity (Wildman–Crippen MR) is 255 cm³/mol. The number of hydrogen-bond acceptors (Lipinski definition) is 8. The molecule has 64 heavy (non-hydrogen) atoms. The zero-order chi connectivity index (χ0) is 47.2. The number of carboxylic acids is 2. The van der Waals surface area contributed by atoms with E-state index in [0.29, 0.717) is 47.9 Å². The van der Waals surface area contributed by atoms with Crippen LogP contribution in [0.2, 0.25) is 0 Å². The molecule has 0 aliphatic rings. The first kappa shape index (κ1) is 56.9. The van der Waals surface area contributed by atoms with Crippen molar-refractivity contribution in [2.45, 2.75) is 166 Å². The standard InChI is InChI=1S/C31H46N2.2C11H14O4.Ni/c1-7-13-15-17-31(33-29-22-26(11-5)19-27(12-6)23-29)30(16-14-8-2)32-28-20-24(9-3)18-25(10-4)21-28;2*1-3-6-5-8(12)10(13)9(11(14)15)7(6)4-2;/h18-23H,7-17H2,1-6H3;2*5,12-13H,3-4H2,1-2H3,(H,14,15);/q;;;+2/p-2. The molecule has 0 bridgehead atoms. The number of carbonyl (C=O) groups is 2. The van der Waals surface area contributed by atoms with Crippen LogP contribution in [-0.2, 0) is 67.9 Å². The minimum Gasteiger partial charge on any atom is -0.869 e. The third kappa shape index (κ3) is 16.4. The van der Waals surface area contributed by atoms with Gasteiger partial charge in [0.25, 0.3) is 0 Å². The molecule has 0 heterocycles. The summed E-state index contributed by atoms with van der Waals surface area (Å²) < 4.78 is 0. The average Bonchev–Trinajstić information content (AvgIpc) is 3.28. The summed E-state index contributed by atoms with van der Waals surface area (Å²) >= 11 is 0. The van der Waals surface area contributed by atoms with Crippen LogP contribution in [0.3, 0.4) is 0 Å². The Kier molecular flexibility index (Phi) is 26.1. The van der Waals surface area contributed by atoms with E-state index in [2.05, 4.69) is 77.9 Å². The summed E-state index contributed by atoms with van der Waals surface area (Å²) in [7, 11) is 0. The summed E-state index contributed by atoms with van der Waals surface area (Å²) in [5.41, 5.74) is 11.9. The molecule has 0 atom stereocenters. The van der Waals surface area contributed by atoms with Crippen LogP contribution < -0.4 is 10.2 Å². The van der Waals surface area contributed by atoms with E-state index in [0.717, 1.165) is 56.3 Å². The average molecular weight is 924 g/mol. The maximum absolute atomic E-state index is 11.4. The molecule has 4 rings (SSSR count). The Labute approximate surface area is 392 Å². The van der Waals surface area contributed by atoms with E-state index in [9.17, 15) is 30.0 Å². The van der Waals surface area contributed by atoms with Crippen LogP contribution in [0.15, 0.2) is 58.5 Å². The molecule has 4 aromatic carbocycles. The molecule has 4 N–H and O–H groups in total. The third-order valence-electron chi connectivity index (χ3n) is 11.2. The van der Waals surface area contributed by atoms with E-state index < -0.39 is 34.9 Å². The van der Waals surface area contributed by atoms with Crippen molar-refractivity contribution in [3.05, 3.63) is 104 Å². The summed E-state index contributed by atoms with van der Waals surface area (Å²) in [5, 5.41) is 59.3. The van der Waals surface area contributed by atoms with Crippen LogP contribution >= 0.6 is 0 Å². The maximum Gasteiger partial charge on any atom is 2.00 e. The van der Waals surface area contributed by atoms with Gasteiger partial charge in [-0.1, -0.05) is 112 Å². The number of aliphatic imine (C=N–C) groups is 2. The molecule has 10 nitrogen and oxygen atoms in total. The van der Waals surface area contributed by atoms with Gasteiger partial charge in [0.15, 0.2) is 0 Å². The Balaban J connectivity index is 0.000000547. The Morgan fingerprint density at radius 3 is 1.06 bits per heavy atom. The minimum absolute atomic E-state index is 0. The first-order valence-corrected chi connectivity index (χ1v) is 23.1.